The van der Waals surface area contributed by atoms with Crippen LogP contribution in [0.1, 0.15) is 0 Å². The van der Waals surface area contributed by atoms with Gasteiger partial charge in [-0.05, 0) is 0 Å². The Kier molecular flexibility index (Phi) is 36.3. The van der Waals surface area contributed by atoms with Crippen molar-refractivity contribution in [2.24, 2.45) is 0 Å². The largest absolute Gasteiger partial charge is 4.00 e. The van der Waals surface area contributed by atoms with Crippen LogP contribution in [0.3, 0.4) is 0 Å². The molecule has 0 fully saturated rings. The molecule has 0 heterocycles. The Labute approximate surface area is 83.7 Å². The molecule has 10 heteroatoms. The van der Waals surface area contributed by atoms with Crippen LogP contribution in [-0.4, -0.2) is 55.7 Å². The fourth-order valence-corrected chi connectivity index (χ4v) is 0. The predicted octanol–water partition coefficient (Wildman–Crippen LogP) is -6.52. The molecule has 0 N–H and O–H groups in total. The molecule has 0 aromatic heterocycles. The van der Waals surface area contributed by atoms with E-state index in [4.69, 9.17) is 28.1 Å². The maximum atomic E-state index is 8.52. The summed E-state index contributed by atoms with van der Waals surface area (Å²) in [6, 6.07) is 0. The monoisotopic (exact) mass is 295 g/mol. The Morgan fingerprint density at radius 3 is 0.800 bits per heavy atom. The fourth-order valence-electron chi connectivity index (χ4n) is 0. The topological polar surface area (TPSA) is 126 Å². The van der Waals surface area contributed by atoms with Crippen molar-refractivity contribution >= 4 is 55.7 Å². The Balaban J connectivity index is -0.0000000300. The summed E-state index contributed by atoms with van der Waals surface area (Å²) in [7, 11) is -7.26. The van der Waals surface area contributed by atoms with E-state index in [1.807, 2.05) is 0 Å². The molecule has 0 aliphatic rings. The van der Waals surface area contributed by atoms with Gasteiger partial charge in [0.1, 0.15) is 0 Å². The van der Waals surface area contributed by atoms with Gasteiger partial charge in [0.05, 0.1) is 0 Å². The van der Waals surface area contributed by atoms with Crippen LogP contribution in [0.15, 0.2) is 0 Å². The summed E-state index contributed by atoms with van der Waals surface area (Å²) in [5.41, 5.74) is 0. The van der Waals surface area contributed by atoms with E-state index >= 15 is 0 Å². The molecule has 0 aliphatic heterocycles. The van der Waals surface area contributed by atoms with Crippen molar-refractivity contribution in [2.45, 2.75) is 0 Å². The first-order valence-corrected chi connectivity index (χ1v) is 3.67. The van der Waals surface area contributed by atoms with Gasteiger partial charge < -0.3 is 28.1 Å². The third-order valence-electron chi connectivity index (χ3n) is 0. The van der Waals surface area contributed by atoms with Crippen molar-refractivity contribution in [3.05, 3.63) is 0 Å². The normalized spacial score (nSPS) is 4.80. The molecule has 10 heavy (non-hydrogen) atoms. The summed E-state index contributed by atoms with van der Waals surface area (Å²) < 4.78 is 17.0. The minimum atomic E-state index is -3.63. The standard InChI is InChI=1S/Ga.Ge.2O3Si/c;;2*1-4(2)3/q;+4;2*-2. The Hall–Kier alpha value is 0.413. The summed E-state index contributed by atoms with van der Waals surface area (Å²) in [4.78, 5) is 34.1. The molecule has 0 amide bonds. The van der Waals surface area contributed by atoms with Gasteiger partial charge in [-0.15, -0.1) is 0 Å². The third-order valence-corrected chi connectivity index (χ3v) is 0. The number of hydrogen-bond donors (Lipinski definition) is 0. The van der Waals surface area contributed by atoms with Crippen LogP contribution in [-0.2, 0) is 8.92 Å². The minimum Gasteiger partial charge on any atom is -0.672 e. The van der Waals surface area contributed by atoms with E-state index in [1.54, 1.807) is 0 Å². The summed E-state index contributed by atoms with van der Waals surface area (Å²) in [6.45, 7) is 0. The second-order valence-corrected chi connectivity index (χ2v) is 1.50. The average molecular weight is 294 g/mol. The van der Waals surface area contributed by atoms with Gasteiger partial charge in [0, 0.05) is 38.1 Å². The third kappa shape index (κ3) is 2710. The molecular weight excluding hydrogens is 294 g/mol. The van der Waals surface area contributed by atoms with Gasteiger partial charge in [0.25, 0.3) is 0 Å². The van der Waals surface area contributed by atoms with Crippen LogP contribution in [0.5, 0.6) is 0 Å². The molecule has 0 atom stereocenters. The van der Waals surface area contributed by atoms with E-state index in [2.05, 4.69) is 0 Å². The maximum absolute atomic E-state index is 8.52. The zero-order chi connectivity index (χ0) is 7.15. The van der Waals surface area contributed by atoms with Crippen molar-refractivity contribution in [3.63, 3.8) is 0 Å². The second-order valence-electron chi connectivity index (χ2n) is 0.500. The van der Waals surface area contributed by atoms with E-state index < -0.39 is 18.3 Å². The molecule has 0 aromatic rings. The first-order valence-electron chi connectivity index (χ1n) is 1.22. The molecule has 0 bridgehead atoms. The average Bonchev–Trinajstić information content (AvgIpc) is 1.25. The van der Waals surface area contributed by atoms with Gasteiger partial charge in [-0.25, -0.2) is 0 Å². The summed E-state index contributed by atoms with van der Waals surface area (Å²) in [6.07, 6.45) is 0. The Morgan fingerprint density at radius 1 is 0.800 bits per heavy atom. The zero-order valence-electron chi connectivity index (χ0n) is 4.53. The molecule has 0 saturated heterocycles. The molecule has 3 radical (unpaired) electrons. The Bertz CT molecular complexity index is 73.7. The fraction of sp³-hybridized carbons (Fsp3) is 0. The number of rotatable bonds is 0. The van der Waals surface area contributed by atoms with E-state index in [0.29, 0.717) is 0 Å². The van der Waals surface area contributed by atoms with Crippen LogP contribution < -0.4 is 19.2 Å². The Morgan fingerprint density at radius 2 is 0.800 bits per heavy atom. The summed E-state index contributed by atoms with van der Waals surface area (Å²) in [5.74, 6) is 0. The van der Waals surface area contributed by atoms with Gasteiger partial charge in [-0.3, -0.25) is 0 Å². The first kappa shape index (κ1) is 22.4. The van der Waals surface area contributed by atoms with Crippen molar-refractivity contribution in [1.82, 2.24) is 0 Å². The molecular formula is GaGeO6Si2. The van der Waals surface area contributed by atoms with Gasteiger partial charge >= 0.3 is 17.6 Å². The quantitative estimate of drug-likeness (QED) is 0.409. The molecule has 0 spiro atoms. The molecule has 0 aromatic carbocycles. The van der Waals surface area contributed by atoms with E-state index in [0.717, 1.165) is 0 Å². The predicted molar refractivity (Wildman–Crippen MR) is 24.4 cm³/mol. The van der Waals surface area contributed by atoms with Crippen LogP contribution in [0.4, 0.5) is 0 Å². The van der Waals surface area contributed by atoms with E-state index in [-0.39, 0.29) is 37.4 Å². The summed E-state index contributed by atoms with van der Waals surface area (Å²) >= 11 is 0. The van der Waals surface area contributed by atoms with Gasteiger partial charge in [-0.2, -0.15) is 0 Å². The van der Waals surface area contributed by atoms with Gasteiger partial charge in [0.15, 0.2) is 0 Å². The molecule has 0 unspecified atom stereocenters. The zero-order valence-corrected chi connectivity index (χ0v) is 11.0. The van der Waals surface area contributed by atoms with Crippen molar-refractivity contribution in [3.8, 4) is 0 Å². The smallest absolute Gasteiger partial charge is 0.672 e. The van der Waals surface area contributed by atoms with Crippen molar-refractivity contribution in [2.75, 3.05) is 0 Å². The molecule has 0 aliphatic carbocycles. The van der Waals surface area contributed by atoms with Crippen molar-refractivity contribution < 1.29 is 28.1 Å². The SMILES string of the molecule is O=[Si]([O-])[O-].O=[Si]([O-])[O-].[Ga].[Ge+4]. The van der Waals surface area contributed by atoms with Crippen molar-refractivity contribution in [1.29, 1.82) is 0 Å². The molecule has 0 saturated carbocycles. The number of hydrogen-bond acceptors (Lipinski definition) is 6. The van der Waals surface area contributed by atoms with Gasteiger partial charge in [0.2, 0.25) is 0 Å². The minimum absolute atomic E-state index is 0. The summed E-state index contributed by atoms with van der Waals surface area (Å²) in [5, 5.41) is 0. The van der Waals surface area contributed by atoms with Crippen LogP contribution in [0.25, 0.3) is 0 Å². The molecule has 6 nitrogen and oxygen atoms in total. The van der Waals surface area contributed by atoms with Gasteiger partial charge in [-0.1, -0.05) is 0 Å². The first-order chi connectivity index (χ1) is 3.46. The van der Waals surface area contributed by atoms with Crippen LogP contribution in [0.2, 0.25) is 0 Å². The van der Waals surface area contributed by atoms with Crippen LogP contribution >= 0.6 is 0 Å². The molecule has 0 rings (SSSR count). The van der Waals surface area contributed by atoms with Crippen LogP contribution in [0, 0.1) is 0 Å². The van der Waals surface area contributed by atoms with E-state index in [1.165, 1.54) is 0 Å². The van der Waals surface area contributed by atoms with E-state index in [9.17, 15) is 0 Å². The second kappa shape index (κ2) is 16.2. The maximum Gasteiger partial charge on any atom is 4.00 e. The molecule has 51 valence electrons.